The Kier molecular flexibility index (Phi) is 3.70. The van der Waals surface area contributed by atoms with Crippen LogP contribution in [0.5, 0.6) is 0 Å². The third-order valence-corrected chi connectivity index (χ3v) is 6.28. The highest BCUT2D eigenvalue weighted by atomic mass is 35.5. The molecule has 0 saturated carbocycles. The summed E-state index contributed by atoms with van der Waals surface area (Å²) in [6, 6.07) is 7.65. The number of fused-ring (bicyclic) bond motifs is 6. The molecular weight excluding hydrogens is 270 g/mol. The van der Waals surface area contributed by atoms with Crippen LogP contribution < -0.4 is 5.19 Å². The van der Waals surface area contributed by atoms with Crippen molar-refractivity contribution in [2.75, 3.05) is 39.5 Å². The first-order chi connectivity index (χ1) is 8.78. The highest BCUT2D eigenvalue weighted by molar-refractivity contribution is 6.75. The maximum absolute atomic E-state index is 6.06. The molecule has 18 heavy (non-hydrogen) atoms. The summed E-state index contributed by atoms with van der Waals surface area (Å²) >= 11 is 6.06. The fourth-order valence-electron chi connectivity index (χ4n) is 2.32. The van der Waals surface area contributed by atoms with Crippen LogP contribution in [0.2, 0.25) is 5.02 Å². The molecule has 98 valence electrons. The van der Waals surface area contributed by atoms with Gasteiger partial charge in [0.05, 0.1) is 19.8 Å². The molecule has 3 aliphatic rings. The molecule has 0 aromatic heterocycles. The van der Waals surface area contributed by atoms with Crippen molar-refractivity contribution in [2.45, 2.75) is 0 Å². The summed E-state index contributed by atoms with van der Waals surface area (Å²) in [6.07, 6.45) is 0. The molecule has 0 N–H and O–H groups in total. The monoisotopic (exact) mass is 285 g/mol. The van der Waals surface area contributed by atoms with E-state index in [0.29, 0.717) is 24.8 Å². The molecule has 1 aromatic carbocycles. The zero-order chi connectivity index (χ0) is 12.4. The largest absolute Gasteiger partial charge is 0.537 e. The highest BCUT2D eigenvalue weighted by Crippen LogP contribution is 2.17. The quantitative estimate of drug-likeness (QED) is 0.717. The molecule has 3 heterocycles. The molecule has 0 unspecified atom stereocenters. The molecule has 4 rings (SSSR count). The molecule has 3 saturated heterocycles. The molecule has 4 nitrogen and oxygen atoms in total. The van der Waals surface area contributed by atoms with E-state index in [1.165, 1.54) is 0 Å². The molecule has 0 atom stereocenters. The minimum absolute atomic E-state index is 0.652. The fraction of sp³-hybridized carbons (Fsp3) is 0.500. The maximum Gasteiger partial charge on any atom is 0.537 e. The first-order valence-corrected chi connectivity index (χ1v) is 8.29. The van der Waals surface area contributed by atoms with Crippen LogP contribution in [0, 0.1) is 0 Å². The van der Waals surface area contributed by atoms with E-state index in [4.69, 9.17) is 24.9 Å². The first-order valence-electron chi connectivity index (χ1n) is 6.19. The molecule has 0 radical (unpaired) electrons. The number of halogens is 1. The lowest BCUT2D eigenvalue weighted by atomic mass is 10.4. The Morgan fingerprint density at radius 1 is 1.00 bits per heavy atom. The Morgan fingerprint density at radius 3 is 2.17 bits per heavy atom. The van der Waals surface area contributed by atoms with E-state index in [1.807, 2.05) is 24.3 Å². The van der Waals surface area contributed by atoms with Crippen molar-refractivity contribution in [2.24, 2.45) is 0 Å². The standard InChI is InChI=1S/C12H16ClNO3Si/c13-11-2-1-3-12(10-11)18-15-7-4-14(5-8-16-18)6-9-17-18/h1-3,10H,4-9H2. The van der Waals surface area contributed by atoms with Crippen LogP contribution >= 0.6 is 11.6 Å². The van der Waals surface area contributed by atoms with Gasteiger partial charge in [0.1, 0.15) is 0 Å². The third-order valence-electron chi connectivity index (χ3n) is 3.28. The van der Waals surface area contributed by atoms with Gasteiger partial charge in [-0.2, -0.15) is 0 Å². The van der Waals surface area contributed by atoms with Crippen molar-refractivity contribution in [3.8, 4) is 0 Å². The molecule has 3 aliphatic heterocycles. The predicted octanol–water partition coefficient (Wildman–Crippen LogP) is 0.865. The third kappa shape index (κ3) is 2.47. The predicted molar refractivity (Wildman–Crippen MR) is 71.1 cm³/mol. The van der Waals surface area contributed by atoms with Crippen molar-refractivity contribution in [1.29, 1.82) is 0 Å². The van der Waals surface area contributed by atoms with E-state index in [1.54, 1.807) is 0 Å². The van der Waals surface area contributed by atoms with Crippen LogP contribution in [0.15, 0.2) is 24.3 Å². The molecular formula is C12H16ClNO3Si. The summed E-state index contributed by atoms with van der Waals surface area (Å²) in [4.78, 5) is 2.30. The zero-order valence-electron chi connectivity index (χ0n) is 10.1. The second-order valence-corrected chi connectivity index (χ2v) is 7.45. The van der Waals surface area contributed by atoms with Crippen LogP contribution in [0.3, 0.4) is 0 Å². The molecule has 3 fully saturated rings. The van der Waals surface area contributed by atoms with Gasteiger partial charge >= 0.3 is 8.80 Å². The topological polar surface area (TPSA) is 30.9 Å². The summed E-state index contributed by atoms with van der Waals surface area (Å²) < 4.78 is 17.9. The molecule has 1 aromatic rings. The van der Waals surface area contributed by atoms with Crippen molar-refractivity contribution < 1.29 is 13.3 Å². The van der Waals surface area contributed by atoms with Gasteiger partial charge in [-0.1, -0.05) is 23.7 Å². The Hall–Kier alpha value is -0.433. The van der Waals surface area contributed by atoms with E-state index < -0.39 is 8.80 Å². The van der Waals surface area contributed by atoms with Gasteiger partial charge in [-0.15, -0.1) is 0 Å². The van der Waals surface area contributed by atoms with Gasteiger partial charge in [-0.25, -0.2) is 0 Å². The summed E-state index contributed by atoms with van der Waals surface area (Å²) in [6.45, 7) is 4.79. The molecule has 6 heteroatoms. The number of hydrogen-bond acceptors (Lipinski definition) is 4. The van der Waals surface area contributed by atoms with E-state index >= 15 is 0 Å². The number of rotatable bonds is 1. The van der Waals surface area contributed by atoms with Gasteiger partial charge in [-0.3, -0.25) is 4.90 Å². The van der Waals surface area contributed by atoms with Crippen LogP contribution in [-0.4, -0.2) is 53.2 Å². The van der Waals surface area contributed by atoms with Gasteiger partial charge in [-0.05, 0) is 12.1 Å². The van der Waals surface area contributed by atoms with E-state index in [2.05, 4.69) is 4.90 Å². The minimum Gasteiger partial charge on any atom is -0.369 e. The average molecular weight is 286 g/mol. The van der Waals surface area contributed by atoms with Gasteiger partial charge < -0.3 is 13.3 Å². The van der Waals surface area contributed by atoms with Gasteiger partial charge in [0, 0.05) is 29.8 Å². The van der Waals surface area contributed by atoms with Crippen molar-refractivity contribution in [3.05, 3.63) is 29.3 Å². The van der Waals surface area contributed by atoms with Gasteiger partial charge in [0.2, 0.25) is 0 Å². The van der Waals surface area contributed by atoms with Crippen LogP contribution in [0.1, 0.15) is 0 Å². The Labute approximate surface area is 113 Å². The van der Waals surface area contributed by atoms with Gasteiger partial charge in [0.15, 0.2) is 0 Å². The van der Waals surface area contributed by atoms with Crippen molar-refractivity contribution in [1.82, 2.24) is 4.90 Å². The smallest absolute Gasteiger partial charge is 0.369 e. The molecule has 0 spiro atoms. The number of hydrogen-bond donors (Lipinski definition) is 0. The molecule has 0 amide bonds. The van der Waals surface area contributed by atoms with Crippen molar-refractivity contribution >= 4 is 25.6 Å². The lowest BCUT2D eigenvalue weighted by Crippen LogP contribution is -2.62. The van der Waals surface area contributed by atoms with Crippen LogP contribution in [0.4, 0.5) is 0 Å². The summed E-state index contributed by atoms with van der Waals surface area (Å²) in [7, 11) is -2.75. The van der Waals surface area contributed by atoms with E-state index in [9.17, 15) is 0 Å². The Bertz CT molecular complexity index is 405. The van der Waals surface area contributed by atoms with Gasteiger partial charge in [0.25, 0.3) is 0 Å². The SMILES string of the molecule is Clc1cccc([Si]23OCCN(CCO2)CCO3)c1. The molecule has 2 bridgehead atoms. The zero-order valence-corrected chi connectivity index (χ0v) is 11.9. The average Bonchev–Trinajstić information content (AvgIpc) is 2.26. The van der Waals surface area contributed by atoms with Crippen LogP contribution in [0.25, 0.3) is 0 Å². The summed E-state index contributed by atoms with van der Waals surface area (Å²) in [5.41, 5.74) is 0. The summed E-state index contributed by atoms with van der Waals surface area (Å²) in [5, 5.41) is 1.65. The van der Waals surface area contributed by atoms with E-state index in [-0.39, 0.29) is 0 Å². The Balaban J connectivity index is 1.94. The number of benzene rings is 1. The number of nitrogens with zero attached hydrogens (tertiary/aromatic N) is 1. The van der Waals surface area contributed by atoms with E-state index in [0.717, 1.165) is 24.8 Å². The second-order valence-electron chi connectivity index (χ2n) is 4.45. The maximum atomic E-state index is 6.06. The minimum atomic E-state index is -2.75. The summed E-state index contributed by atoms with van der Waals surface area (Å²) in [5.74, 6) is 0. The second kappa shape index (κ2) is 5.28. The lowest BCUT2D eigenvalue weighted by Gasteiger charge is -2.38. The van der Waals surface area contributed by atoms with Crippen LogP contribution in [-0.2, 0) is 13.3 Å². The Morgan fingerprint density at radius 2 is 1.61 bits per heavy atom. The fourth-order valence-corrected chi connectivity index (χ4v) is 5.06. The first kappa shape index (κ1) is 12.6. The molecule has 0 aliphatic carbocycles. The highest BCUT2D eigenvalue weighted by Gasteiger charge is 2.46. The van der Waals surface area contributed by atoms with Crippen molar-refractivity contribution in [3.63, 3.8) is 0 Å². The normalized spacial score (nSPS) is 32.6. The lowest BCUT2D eigenvalue weighted by molar-refractivity contribution is 0.00141.